The maximum atomic E-state index is 14.4. The van der Waals surface area contributed by atoms with Crippen LogP contribution in [-0.4, -0.2) is 11.6 Å². The number of hydrazone groups is 1. The quantitative estimate of drug-likeness (QED) is 0.0849. The third-order valence-electron chi connectivity index (χ3n) is 5.99. The van der Waals surface area contributed by atoms with E-state index in [4.69, 9.17) is 0 Å². The average molecular weight is 543 g/mol. The number of hydrogen-bond donors (Lipinski definition) is 0. The Labute approximate surface area is 217 Å². The number of carbonyl (C=O) groups excluding carboxylic acids is 1. The van der Waals surface area contributed by atoms with Crippen LogP contribution >= 0.6 is 11.8 Å². The lowest BCUT2D eigenvalue weighted by atomic mass is 10.0. The molecule has 4 aromatic carbocycles. The fourth-order valence-electron chi connectivity index (χ4n) is 4.06. The third kappa shape index (κ3) is 4.45. The first-order valence-corrected chi connectivity index (χ1v) is 12.2. The predicted molar refractivity (Wildman–Crippen MR) is 135 cm³/mol. The highest BCUT2D eigenvalue weighted by molar-refractivity contribution is 7.98. The summed E-state index contributed by atoms with van der Waals surface area (Å²) in [6.07, 6.45) is 1.46. The van der Waals surface area contributed by atoms with Gasteiger partial charge in [-0.25, -0.2) is 26.3 Å². The highest BCUT2D eigenvalue weighted by Gasteiger charge is 2.37. The monoisotopic (exact) mass is 542 g/mol. The smallest absolute Gasteiger partial charge is 0.267 e. The van der Waals surface area contributed by atoms with Gasteiger partial charge in [0.1, 0.15) is 11.5 Å². The number of halogens is 6. The Morgan fingerprint density at radius 2 is 1.39 bits per heavy atom. The lowest BCUT2D eigenvalue weighted by molar-refractivity contribution is -0.114. The molecule has 0 aliphatic carbocycles. The number of carbonyl (C=O) groups is 1. The number of benzene rings is 4. The molecular weight excluding hydrogens is 526 g/mol. The summed E-state index contributed by atoms with van der Waals surface area (Å²) < 4.78 is 82.9. The number of thioether (sulfide) groups is 1. The van der Waals surface area contributed by atoms with Gasteiger partial charge in [-0.05, 0) is 53.1 Å². The lowest BCUT2D eigenvalue weighted by Crippen LogP contribution is -2.25. The molecule has 3 nitrogen and oxygen atoms in total. The van der Waals surface area contributed by atoms with E-state index in [-0.39, 0.29) is 22.1 Å². The predicted octanol–water partition coefficient (Wildman–Crippen LogP) is 7.77. The molecule has 0 N–H and O–H groups in total. The molecule has 1 heterocycles. The molecule has 38 heavy (non-hydrogen) atoms. The molecule has 5 rings (SSSR count). The van der Waals surface area contributed by atoms with Crippen LogP contribution in [0, 0.1) is 34.9 Å². The molecule has 0 bridgehead atoms. The molecule has 0 aromatic heterocycles. The number of fused-ring (bicyclic) bond motifs is 1. The molecule has 0 saturated carbocycles. The summed E-state index contributed by atoms with van der Waals surface area (Å²) in [5.74, 6) is -11.7. The first kappa shape index (κ1) is 25.6. The van der Waals surface area contributed by atoms with E-state index in [9.17, 15) is 31.1 Å². The number of hydrogen-bond acceptors (Lipinski definition) is 3. The summed E-state index contributed by atoms with van der Waals surface area (Å²) in [7, 11) is 0. The van der Waals surface area contributed by atoms with E-state index in [1.54, 1.807) is 24.3 Å². The lowest BCUT2D eigenvalue weighted by Gasteiger charge is -2.15. The summed E-state index contributed by atoms with van der Waals surface area (Å²) >= 11 is 1.54. The van der Waals surface area contributed by atoms with Crippen LogP contribution in [0.2, 0.25) is 0 Å². The molecule has 4 aromatic rings. The standard InChI is InChI=1S/C28H16F6N2OS/c1-14-20(28(37)36(35-14)27-25(33)23(31)22(30)24(32)26(27)34)12-16-8-11-21(19-5-3-2-4-18(16)19)38-13-15-6-9-17(29)10-7-15/h2-12H,13H2,1H3/b20-12+. The van der Waals surface area contributed by atoms with Gasteiger partial charge in [-0.15, -0.1) is 11.8 Å². The van der Waals surface area contributed by atoms with Gasteiger partial charge in [-0.2, -0.15) is 10.1 Å². The summed E-state index contributed by atoms with van der Waals surface area (Å²) in [6, 6.07) is 17.2. The summed E-state index contributed by atoms with van der Waals surface area (Å²) in [5, 5.41) is 5.60. The van der Waals surface area contributed by atoms with Crippen LogP contribution in [-0.2, 0) is 10.5 Å². The SMILES string of the molecule is CC1=NN(c2c(F)c(F)c(F)c(F)c2F)C(=O)/C1=C/c1ccc(SCc2ccc(F)cc2)c2ccccc12. The minimum atomic E-state index is -2.32. The van der Waals surface area contributed by atoms with E-state index in [1.807, 2.05) is 24.3 Å². The Balaban J connectivity index is 1.50. The van der Waals surface area contributed by atoms with Crippen LogP contribution in [0.1, 0.15) is 18.1 Å². The third-order valence-corrected chi connectivity index (χ3v) is 7.13. The van der Waals surface area contributed by atoms with Crippen molar-refractivity contribution in [1.82, 2.24) is 0 Å². The summed E-state index contributed by atoms with van der Waals surface area (Å²) in [4.78, 5) is 14.0. The zero-order valence-corrected chi connectivity index (χ0v) is 20.4. The fraction of sp³-hybridized carbons (Fsp3) is 0.0714. The Kier molecular flexibility index (Phi) is 6.75. The number of nitrogens with zero attached hydrogens (tertiary/aromatic N) is 2. The molecule has 1 amide bonds. The van der Waals surface area contributed by atoms with Crippen molar-refractivity contribution in [2.75, 3.05) is 5.01 Å². The molecule has 0 spiro atoms. The minimum absolute atomic E-state index is 0.0396. The number of anilines is 1. The van der Waals surface area contributed by atoms with Gasteiger partial charge in [0.05, 0.1) is 11.3 Å². The van der Waals surface area contributed by atoms with Gasteiger partial charge >= 0.3 is 0 Å². The van der Waals surface area contributed by atoms with E-state index in [0.29, 0.717) is 11.3 Å². The molecule has 10 heteroatoms. The first-order valence-electron chi connectivity index (χ1n) is 11.2. The second kappa shape index (κ2) is 10.0. The first-order chi connectivity index (χ1) is 18.2. The molecule has 0 atom stereocenters. The van der Waals surface area contributed by atoms with Crippen LogP contribution in [0.4, 0.5) is 32.0 Å². The topological polar surface area (TPSA) is 32.7 Å². The Morgan fingerprint density at radius 3 is 2.05 bits per heavy atom. The Morgan fingerprint density at radius 1 is 0.789 bits per heavy atom. The van der Waals surface area contributed by atoms with E-state index in [1.165, 1.54) is 36.9 Å². The van der Waals surface area contributed by atoms with Gasteiger partial charge in [-0.1, -0.05) is 42.5 Å². The van der Waals surface area contributed by atoms with E-state index in [2.05, 4.69) is 5.10 Å². The van der Waals surface area contributed by atoms with Crippen molar-refractivity contribution in [1.29, 1.82) is 0 Å². The van der Waals surface area contributed by atoms with Crippen molar-refractivity contribution < 1.29 is 31.1 Å². The second-order valence-electron chi connectivity index (χ2n) is 8.39. The minimum Gasteiger partial charge on any atom is -0.267 e. The molecular formula is C28H16F6N2OS. The van der Waals surface area contributed by atoms with Crippen molar-refractivity contribution >= 4 is 45.9 Å². The maximum absolute atomic E-state index is 14.4. The van der Waals surface area contributed by atoms with Crippen LogP contribution in [0.5, 0.6) is 0 Å². The molecule has 0 radical (unpaired) electrons. The zero-order valence-electron chi connectivity index (χ0n) is 19.5. The van der Waals surface area contributed by atoms with Crippen molar-refractivity contribution in [3.8, 4) is 0 Å². The average Bonchev–Trinajstić information content (AvgIpc) is 3.19. The highest BCUT2D eigenvalue weighted by atomic mass is 32.2. The summed E-state index contributed by atoms with van der Waals surface area (Å²) in [5.41, 5.74) is 0.0577. The number of rotatable bonds is 5. The molecule has 1 aliphatic rings. The van der Waals surface area contributed by atoms with Crippen LogP contribution in [0.15, 0.2) is 76.2 Å². The van der Waals surface area contributed by atoms with Gasteiger partial charge in [0.15, 0.2) is 23.3 Å². The molecule has 192 valence electrons. The van der Waals surface area contributed by atoms with E-state index < -0.39 is 40.7 Å². The van der Waals surface area contributed by atoms with E-state index >= 15 is 0 Å². The van der Waals surface area contributed by atoms with Gasteiger partial charge in [0, 0.05) is 10.6 Å². The Hall–Kier alpha value is -4.05. The zero-order chi connectivity index (χ0) is 27.1. The van der Waals surface area contributed by atoms with Gasteiger partial charge in [-0.3, -0.25) is 4.79 Å². The second-order valence-corrected chi connectivity index (χ2v) is 9.41. The van der Waals surface area contributed by atoms with Gasteiger partial charge in [0.2, 0.25) is 5.82 Å². The fourth-order valence-corrected chi connectivity index (χ4v) is 5.07. The van der Waals surface area contributed by atoms with E-state index in [0.717, 1.165) is 21.2 Å². The maximum Gasteiger partial charge on any atom is 0.280 e. The van der Waals surface area contributed by atoms with Gasteiger partial charge in [0.25, 0.3) is 5.91 Å². The Bertz CT molecular complexity index is 1640. The van der Waals surface area contributed by atoms with Crippen molar-refractivity contribution in [3.63, 3.8) is 0 Å². The highest BCUT2D eigenvalue weighted by Crippen LogP contribution is 2.36. The number of amides is 1. The van der Waals surface area contributed by atoms with Crippen LogP contribution < -0.4 is 5.01 Å². The van der Waals surface area contributed by atoms with Crippen LogP contribution in [0.3, 0.4) is 0 Å². The normalized spacial score (nSPS) is 14.6. The van der Waals surface area contributed by atoms with Crippen molar-refractivity contribution in [3.05, 3.63) is 112 Å². The summed E-state index contributed by atoms with van der Waals surface area (Å²) in [6.45, 7) is 1.39. The van der Waals surface area contributed by atoms with Gasteiger partial charge < -0.3 is 0 Å². The molecule has 0 fully saturated rings. The largest absolute Gasteiger partial charge is 0.280 e. The molecule has 1 aliphatic heterocycles. The van der Waals surface area contributed by atoms with Crippen molar-refractivity contribution in [2.24, 2.45) is 5.10 Å². The molecule has 0 saturated heterocycles. The van der Waals surface area contributed by atoms with Crippen LogP contribution in [0.25, 0.3) is 16.8 Å². The molecule has 0 unspecified atom stereocenters. The van der Waals surface area contributed by atoms with Crippen molar-refractivity contribution in [2.45, 2.75) is 17.6 Å².